The van der Waals surface area contributed by atoms with Crippen molar-refractivity contribution in [1.29, 1.82) is 0 Å². The second-order valence-corrected chi connectivity index (χ2v) is 4.51. The van der Waals surface area contributed by atoms with Gasteiger partial charge in [-0.2, -0.15) is 0 Å². The third kappa shape index (κ3) is 4.96. The van der Waals surface area contributed by atoms with Gasteiger partial charge in [0.05, 0.1) is 13.0 Å². The second-order valence-electron chi connectivity index (χ2n) is 4.51. The van der Waals surface area contributed by atoms with Crippen molar-refractivity contribution in [1.82, 2.24) is 15.3 Å². The van der Waals surface area contributed by atoms with Gasteiger partial charge in [0, 0.05) is 36.6 Å². The summed E-state index contributed by atoms with van der Waals surface area (Å²) in [6.45, 7) is 3.44. The van der Waals surface area contributed by atoms with Crippen LogP contribution in [0.2, 0.25) is 0 Å². The standard InChI is InChI=1S/C16H19N3O2/c1-2-21-15(20)8-9-17-10-13-11-18-16(19-12-13)14-6-4-3-5-7-14/h3-7,11-12,17H,2,8-10H2,1H3. The van der Waals surface area contributed by atoms with Gasteiger partial charge in [-0.05, 0) is 6.92 Å². The highest BCUT2D eigenvalue weighted by Crippen LogP contribution is 2.12. The van der Waals surface area contributed by atoms with Crippen molar-refractivity contribution >= 4 is 5.97 Å². The summed E-state index contributed by atoms with van der Waals surface area (Å²) in [5.74, 6) is 0.534. The van der Waals surface area contributed by atoms with E-state index in [-0.39, 0.29) is 5.97 Å². The smallest absolute Gasteiger partial charge is 0.307 e. The van der Waals surface area contributed by atoms with Crippen molar-refractivity contribution in [3.8, 4) is 11.4 Å². The van der Waals surface area contributed by atoms with Gasteiger partial charge in [-0.25, -0.2) is 9.97 Å². The van der Waals surface area contributed by atoms with E-state index < -0.39 is 0 Å². The molecule has 5 heteroatoms. The minimum absolute atomic E-state index is 0.180. The number of nitrogens with zero attached hydrogens (tertiary/aromatic N) is 2. The quantitative estimate of drug-likeness (QED) is 0.624. The van der Waals surface area contributed by atoms with Crippen LogP contribution in [0.5, 0.6) is 0 Å². The van der Waals surface area contributed by atoms with Crippen LogP contribution in [0.1, 0.15) is 18.9 Å². The predicted molar refractivity (Wildman–Crippen MR) is 80.4 cm³/mol. The fourth-order valence-corrected chi connectivity index (χ4v) is 1.84. The highest BCUT2D eigenvalue weighted by molar-refractivity contribution is 5.69. The first kappa shape index (κ1) is 15.1. The van der Waals surface area contributed by atoms with Crippen LogP contribution < -0.4 is 5.32 Å². The minimum Gasteiger partial charge on any atom is -0.466 e. The molecule has 0 unspecified atom stereocenters. The normalized spacial score (nSPS) is 10.3. The van der Waals surface area contributed by atoms with E-state index >= 15 is 0 Å². The fourth-order valence-electron chi connectivity index (χ4n) is 1.84. The molecule has 1 aromatic carbocycles. The van der Waals surface area contributed by atoms with Crippen LogP contribution in [0, 0.1) is 0 Å². The van der Waals surface area contributed by atoms with Crippen molar-refractivity contribution < 1.29 is 9.53 Å². The Balaban J connectivity index is 1.79. The zero-order chi connectivity index (χ0) is 14.9. The van der Waals surface area contributed by atoms with Crippen molar-refractivity contribution in [2.75, 3.05) is 13.2 Å². The van der Waals surface area contributed by atoms with E-state index in [4.69, 9.17) is 4.74 Å². The zero-order valence-corrected chi connectivity index (χ0v) is 12.1. The van der Waals surface area contributed by atoms with Gasteiger partial charge in [0.1, 0.15) is 0 Å². The molecule has 2 rings (SSSR count). The van der Waals surface area contributed by atoms with E-state index in [1.807, 2.05) is 30.3 Å². The van der Waals surface area contributed by atoms with Crippen LogP contribution in [0.4, 0.5) is 0 Å². The van der Waals surface area contributed by atoms with E-state index in [1.54, 1.807) is 19.3 Å². The number of carbonyl (C=O) groups excluding carboxylic acids is 1. The molecule has 0 spiro atoms. The number of nitrogens with one attached hydrogen (secondary N) is 1. The Hall–Kier alpha value is -2.27. The van der Waals surface area contributed by atoms with E-state index in [0.717, 1.165) is 11.1 Å². The van der Waals surface area contributed by atoms with E-state index in [9.17, 15) is 4.79 Å². The number of carbonyl (C=O) groups is 1. The first-order chi connectivity index (χ1) is 10.3. The molecular formula is C16H19N3O2. The molecule has 0 bridgehead atoms. The molecule has 0 aliphatic heterocycles. The molecule has 21 heavy (non-hydrogen) atoms. The van der Waals surface area contributed by atoms with Crippen LogP contribution in [0.15, 0.2) is 42.7 Å². The first-order valence-electron chi connectivity index (χ1n) is 7.02. The average molecular weight is 285 g/mol. The number of benzene rings is 1. The van der Waals surface area contributed by atoms with Crippen molar-refractivity contribution in [2.45, 2.75) is 19.9 Å². The second kappa shape index (κ2) is 8.11. The zero-order valence-electron chi connectivity index (χ0n) is 12.1. The Morgan fingerprint density at radius 3 is 2.57 bits per heavy atom. The topological polar surface area (TPSA) is 64.1 Å². The molecule has 0 fully saturated rings. The largest absolute Gasteiger partial charge is 0.466 e. The highest BCUT2D eigenvalue weighted by atomic mass is 16.5. The summed E-state index contributed by atoms with van der Waals surface area (Å²) in [5, 5.41) is 3.17. The summed E-state index contributed by atoms with van der Waals surface area (Å²) >= 11 is 0. The van der Waals surface area contributed by atoms with Gasteiger partial charge in [0.25, 0.3) is 0 Å². The van der Waals surface area contributed by atoms with Gasteiger partial charge in [0.2, 0.25) is 0 Å². The molecule has 2 aromatic rings. The lowest BCUT2D eigenvalue weighted by Gasteiger charge is -2.05. The number of hydrogen-bond acceptors (Lipinski definition) is 5. The van der Waals surface area contributed by atoms with Gasteiger partial charge in [-0.3, -0.25) is 4.79 Å². The van der Waals surface area contributed by atoms with Gasteiger partial charge in [-0.1, -0.05) is 30.3 Å². The molecule has 0 amide bonds. The average Bonchev–Trinajstić information content (AvgIpc) is 2.53. The predicted octanol–water partition coefficient (Wildman–Crippen LogP) is 2.19. The van der Waals surface area contributed by atoms with Crippen LogP contribution in [-0.4, -0.2) is 29.1 Å². The van der Waals surface area contributed by atoms with Crippen LogP contribution in [0.25, 0.3) is 11.4 Å². The molecule has 1 aromatic heterocycles. The third-order valence-electron chi connectivity index (χ3n) is 2.88. The molecule has 0 saturated heterocycles. The molecule has 5 nitrogen and oxygen atoms in total. The van der Waals surface area contributed by atoms with Crippen molar-refractivity contribution in [3.63, 3.8) is 0 Å². The maximum absolute atomic E-state index is 11.2. The van der Waals surface area contributed by atoms with Crippen LogP contribution >= 0.6 is 0 Å². The number of hydrogen-bond donors (Lipinski definition) is 1. The summed E-state index contributed by atoms with van der Waals surface area (Å²) in [6, 6.07) is 9.84. The Labute approximate surface area is 124 Å². The SMILES string of the molecule is CCOC(=O)CCNCc1cnc(-c2ccccc2)nc1. The Bertz CT molecular complexity index is 555. The van der Waals surface area contributed by atoms with Gasteiger partial charge in [0.15, 0.2) is 5.82 Å². The minimum atomic E-state index is -0.180. The summed E-state index contributed by atoms with van der Waals surface area (Å²) < 4.78 is 4.86. The number of rotatable bonds is 7. The number of esters is 1. The summed E-state index contributed by atoms with van der Waals surface area (Å²) in [7, 11) is 0. The lowest BCUT2D eigenvalue weighted by molar-refractivity contribution is -0.142. The molecule has 1 N–H and O–H groups in total. The van der Waals surface area contributed by atoms with Gasteiger partial charge in [-0.15, -0.1) is 0 Å². The summed E-state index contributed by atoms with van der Waals surface area (Å²) in [6.07, 6.45) is 3.97. The molecule has 0 saturated carbocycles. The molecular weight excluding hydrogens is 266 g/mol. The van der Waals surface area contributed by atoms with Gasteiger partial charge < -0.3 is 10.1 Å². The molecule has 110 valence electrons. The van der Waals surface area contributed by atoms with E-state index in [0.29, 0.717) is 31.9 Å². The highest BCUT2D eigenvalue weighted by Gasteiger charge is 2.02. The molecule has 0 radical (unpaired) electrons. The summed E-state index contributed by atoms with van der Waals surface area (Å²) in [5.41, 5.74) is 1.98. The summed E-state index contributed by atoms with van der Waals surface area (Å²) in [4.78, 5) is 19.9. The van der Waals surface area contributed by atoms with Gasteiger partial charge >= 0.3 is 5.97 Å². The molecule has 1 heterocycles. The van der Waals surface area contributed by atoms with E-state index in [1.165, 1.54) is 0 Å². The van der Waals surface area contributed by atoms with Crippen LogP contribution in [-0.2, 0) is 16.1 Å². The van der Waals surface area contributed by atoms with Crippen molar-refractivity contribution in [3.05, 3.63) is 48.3 Å². The Morgan fingerprint density at radius 1 is 1.19 bits per heavy atom. The van der Waals surface area contributed by atoms with Crippen molar-refractivity contribution in [2.24, 2.45) is 0 Å². The molecule has 0 atom stereocenters. The van der Waals surface area contributed by atoms with E-state index in [2.05, 4.69) is 15.3 Å². The molecule has 0 aliphatic rings. The first-order valence-corrected chi connectivity index (χ1v) is 7.02. The monoisotopic (exact) mass is 285 g/mol. The lowest BCUT2D eigenvalue weighted by atomic mass is 10.2. The number of ether oxygens (including phenoxy) is 1. The maximum Gasteiger partial charge on any atom is 0.307 e. The molecule has 0 aliphatic carbocycles. The fraction of sp³-hybridized carbons (Fsp3) is 0.312. The lowest BCUT2D eigenvalue weighted by Crippen LogP contribution is -2.19. The Kier molecular flexibility index (Phi) is 5.84. The third-order valence-corrected chi connectivity index (χ3v) is 2.88. The maximum atomic E-state index is 11.2. The Morgan fingerprint density at radius 2 is 1.90 bits per heavy atom. The number of aromatic nitrogens is 2. The van der Waals surface area contributed by atoms with Crippen LogP contribution in [0.3, 0.4) is 0 Å².